The molecule has 0 aromatic heterocycles. The molecule has 0 atom stereocenters. The molecule has 1 aliphatic rings. The standard InChI is InChI=1S/C10H9BrO/c11-10-4-3-8(7-1-2-7)5-9(10)6-12/h3-7H,1-2H2. The maximum atomic E-state index is 10.6. The maximum absolute atomic E-state index is 10.6. The van der Waals surface area contributed by atoms with E-state index < -0.39 is 0 Å². The first-order valence-electron chi connectivity index (χ1n) is 4.06. The minimum Gasteiger partial charge on any atom is -0.298 e. The number of carbonyl (C=O) groups is 1. The zero-order chi connectivity index (χ0) is 8.55. The Hall–Kier alpha value is -0.630. The molecule has 1 saturated carbocycles. The fraction of sp³-hybridized carbons (Fsp3) is 0.300. The summed E-state index contributed by atoms with van der Waals surface area (Å²) in [6.07, 6.45) is 3.45. The van der Waals surface area contributed by atoms with Crippen molar-refractivity contribution < 1.29 is 4.79 Å². The molecule has 0 N–H and O–H groups in total. The van der Waals surface area contributed by atoms with Crippen molar-refractivity contribution in [2.24, 2.45) is 0 Å². The Morgan fingerprint density at radius 1 is 1.42 bits per heavy atom. The normalized spacial score (nSPS) is 16.1. The molecular formula is C10H9BrO. The van der Waals surface area contributed by atoms with Crippen LogP contribution in [0.25, 0.3) is 0 Å². The van der Waals surface area contributed by atoms with Gasteiger partial charge in [-0.1, -0.05) is 22.0 Å². The molecule has 0 amide bonds. The first-order chi connectivity index (χ1) is 5.81. The number of benzene rings is 1. The number of hydrogen-bond donors (Lipinski definition) is 0. The smallest absolute Gasteiger partial charge is 0.151 e. The fourth-order valence-electron chi connectivity index (χ4n) is 1.32. The molecule has 0 spiro atoms. The Morgan fingerprint density at radius 3 is 2.75 bits per heavy atom. The highest BCUT2D eigenvalue weighted by Crippen LogP contribution is 2.40. The molecule has 1 aliphatic carbocycles. The van der Waals surface area contributed by atoms with Crippen molar-refractivity contribution in [2.75, 3.05) is 0 Å². The molecule has 1 aromatic rings. The van der Waals surface area contributed by atoms with Gasteiger partial charge >= 0.3 is 0 Å². The zero-order valence-corrected chi connectivity index (χ0v) is 8.17. The minimum atomic E-state index is 0.719. The van der Waals surface area contributed by atoms with Gasteiger partial charge < -0.3 is 0 Å². The van der Waals surface area contributed by atoms with Crippen molar-refractivity contribution in [2.45, 2.75) is 18.8 Å². The number of halogens is 1. The summed E-state index contributed by atoms with van der Waals surface area (Å²) in [5.74, 6) is 0.719. The molecule has 0 aliphatic heterocycles. The van der Waals surface area contributed by atoms with Crippen LogP contribution in [0, 0.1) is 0 Å². The Morgan fingerprint density at radius 2 is 2.17 bits per heavy atom. The summed E-state index contributed by atoms with van der Waals surface area (Å²) in [6, 6.07) is 6.03. The van der Waals surface area contributed by atoms with Gasteiger partial charge in [0, 0.05) is 10.0 Å². The highest BCUT2D eigenvalue weighted by atomic mass is 79.9. The van der Waals surface area contributed by atoms with E-state index in [1.54, 1.807) is 0 Å². The van der Waals surface area contributed by atoms with Gasteiger partial charge in [-0.05, 0) is 36.5 Å². The summed E-state index contributed by atoms with van der Waals surface area (Å²) < 4.78 is 0.891. The molecule has 0 radical (unpaired) electrons. The van der Waals surface area contributed by atoms with Crippen LogP contribution in [-0.2, 0) is 0 Å². The van der Waals surface area contributed by atoms with Gasteiger partial charge in [0.05, 0.1) is 0 Å². The van der Waals surface area contributed by atoms with E-state index in [4.69, 9.17) is 0 Å². The van der Waals surface area contributed by atoms with Gasteiger partial charge in [-0.3, -0.25) is 4.79 Å². The van der Waals surface area contributed by atoms with E-state index in [1.165, 1.54) is 18.4 Å². The number of carbonyl (C=O) groups excluding carboxylic acids is 1. The molecule has 1 aromatic carbocycles. The summed E-state index contributed by atoms with van der Waals surface area (Å²) in [6.45, 7) is 0. The molecule has 0 unspecified atom stereocenters. The quantitative estimate of drug-likeness (QED) is 0.706. The first-order valence-corrected chi connectivity index (χ1v) is 4.85. The molecule has 0 heterocycles. The van der Waals surface area contributed by atoms with Crippen molar-refractivity contribution in [1.82, 2.24) is 0 Å². The SMILES string of the molecule is O=Cc1cc(C2CC2)ccc1Br. The van der Waals surface area contributed by atoms with Crippen LogP contribution in [0.1, 0.15) is 34.7 Å². The molecule has 62 valence electrons. The lowest BCUT2D eigenvalue weighted by atomic mass is 10.1. The molecule has 0 bridgehead atoms. The lowest BCUT2D eigenvalue weighted by molar-refractivity contribution is 0.112. The summed E-state index contributed by atoms with van der Waals surface area (Å²) in [5.41, 5.74) is 2.07. The molecule has 1 nitrogen and oxygen atoms in total. The van der Waals surface area contributed by atoms with E-state index in [1.807, 2.05) is 12.1 Å². The monoisotopic (exact) mass is 224 g/mol. The Labute approximate surface area is 79.9 Å². The van der Waals surface area contributed by atoms with E-state index in [0.29, 0.717) is 0 Å². The average molecular weight is 225 g/mol. The lowest BCUT2D eigenvalue weighted by Gasteiger charge is -2.00. The number of aldehydes is 1. The van der Waals surface area contributed by atoms with E-state index >= 15 is 0 Å². The van der Waals surface area contributed by atoms with Crippen molar-refractivity contribution >= 4 is 22.2 Å². The van der Waals surface area contributed by atoms with Crippen LogP contribution in [0.4, 0.5) is 0 Å². The lowest BCUT2D eigenvalue weighted by Crippen LogP contribution is -1.86. The van der Waals surface area contributed by atoms with Crippen LogP contribution in [0.5, 0.6) is 0 Å². The van der Waals surface area contributed by atoms with Crippen molar-refractivity contribution in [3.05, 3.63) is 33.8 Å². The molecule has 12 heavy (non-hydrogen) atoms. The van der Waals surface area contributed by atoms with Crippen LogP contribution in [0.3, 0.4) is 0 Å². The van der Waals surface area contributed by atoms with Crippen molar-refractivity contribution in [1.29, 1.82) is 0 Å². The number of rotatable bonds is 2. The van der Waals surface area contributed by atoms with Crippen LogP contribution in [0.2, 0.25) is 0 Å². The van der Waals surface area contributed by atoms with Crippen LogP contribution < -0.4 is 0 Å². The van der Waals surface area contributed by atoms with Gasteiger partial charge in [-0.2, -0.15) is 0 Å². The summed E-state index contributed by atoms with van der Waals surface area (Å²) in [4.78, 5) is 10.6. The second kappa shape index (κ2) is 3.02. The first kappa shape index (κ1) is 7.99. The third kappa shape index (κ3) is 1.44. The van der Waals surface area contributed by atoms with Crippen LogP contribution >= 0.6 is 15.9 Å². The second-order valence-corrected chi connectivity index (χ2v) is 4.03. The van der Waals surface area contributed by atoms with Crippen LogP contribution in [-0.4, -0.2) is 6.29 Å². The van der Waals surface area contributed by atoms with Crippen molar-refractivity contribution in [3.8, 4) is 0 Å². The Bertz CT molecular complexity index is 316. The van der Waals surface area contributed by atoms with E-state index in [9.17, 15) is 4.79 Å². The summed E-state index contributed by atoms with van der Waals surface area (Å²) in [7, 11) is 0. The topological polar surface area (TPSA) is 17.1 Å². The Balaban J connectivity index is 2.39. The summed E-state index contributed by atoms with van der Waals surface area (Å²) in [5, 5.41) is 0. The molecule has 2 rings (SSSR count). The second-order valence-electron chi connectivity index (χ2n) is 3.17. The fourth-order valence-corrected chi connectivity index (χ4v) is 1.66. The van der Waals surface area contributed by atoms with E-state index in [2.05, 4.69) is 22.0 Å². The predicted octanol–water partition coefficient (Wildman–Crippen LogP) is 3.14. The van der Waals surface area contributed by atoms with Crippen molar-refractivity contribution in [3.63, 3.8) is 0 Å². The predicted molar refractivity (Wildman–Crippen MR) is 51.5 cm³/mol. The maximum Gasteiger partial charge on any atom is 0.151 e. The van der Waals surface area contributed by atoms with E-state index in [0.717, 1.165) is 22.2 Å². The van der Waals surface area contributed by atoms with Gasteiger partial charge in [0.1, 0.15) is 0 Å². The molecular weight excluding hydrogens is 216 g/mol. The summed E-state index contributed by atoms with van der Waals surface area (Å²) >= 11 is 3.33. The van der Waals surface area contributed by atoms with Gasteiger partial charge in [-0.25, -0.2) is 0 Å². The zero-order valence-electron chi connectivity index (χ0n) is 6.59. The average Bonchev–Trinajstić information content (AvgIpc) is 2.88. The van der Waals surface area contributed by atoms with Gasteiger partial charge in [-0.15, -0.1) is 0 Å². The van der Waals surface area contributed by atoms with Gasteiger partial charge in [0.25, 0.3) is 0 Å². The third-order valence-electron chi connectivity index (χ3n) is 2.20. The Kier molecular flexibility index (Phi) is 2.01. The van der Waals surface area contributed by atoms with E-state index in [-0.39, 0.29) is 0 Å². The largest absolute Gasteiger partial charge is 0.298 e. The third-order valence-corrected chi connectivity index (χ3v) is 2.92. The highest BCUT2D eigenvalue weighted by molar-refractivity contribution is 9.10. The molecule has 0 saturated heterocycles. The minimum absolute atomic E-state index is 0.719. The van der Waals surface area contributed by atoms with Crippen LogP contribution in [0.15, 0.2) is 22.7 Å². The number of hydrogen-bond acceptors (Lipinski definition) is 1. The molecule has 2 heteroatoms. The molecule has 1 fully saturated rings. The highest BCUT2D eigenvalue weighted by Gasteiger charge is 2.23. The van der Waals surface area contributed by atoms with Gasteiger partial charge in [0.15, 0.2) is 6.29 Å². The van der Waals surface area contributed by atoms with Gasteiger partial charge in [0.2, 0.25) is 0 Å².